The van der Waals surface area contributed by atoms with Crippen LogP contribution in [0, 0.1) is 6.92 Å². The van der Waals surface area contributed by atoms with Crippen molar-refractivity contribution in [1.82, 2.24) is 9.55 Å². The van der Waals surface area contributed by atoms with E-state index in [2.05, 4.69) is 10.3 Å². The van der Waals surface area contributed by atoms with Crippen LogP contribution in [0.1, 0.15) is 5.56 Å². The molecular weight excluding hydrogens is 306 g/mol. The standard InChI is InChI=1S/C15H12ClN3O3/c1-9-4-5-10(7-11(9)16)18-13(20)8-19-14-12(22-15(19)21)3-2-6-17-14/h2-7H,8H2,1H3,(H,18,20). The number of fused-ring (bicyclic) bond motifs is 1. The highest BCUT2D eigenvalue weighted by molar-refractivity contribution is 6.31. The number of oxazole rings is 1. The fourth-order valence-corrected chi connectivity index (χ4v) is 2.23. The van der Waals surface area contributed by atoms with Crippen molar-refractivity contribution in [2.45, 2.75) is 13.5 Å². The Bertz CT molecular complexity index is 914. The molecule has 2 aromatic heterocycles. The smallest absolute Gasteiger partial charge is 0.406 e. The van der Waals surface area contributed by atoms with Gasteiger partial charge in [0.2, 0.25) is 5.91 Å². The van der Waals surface area contributed by atoms with Crippen LogP contribution < -0.4 is 11.1 Å². The Hall–Kier alpha value is -2.60. The van der Waals surface area contributed by atoms with Gasteiger partial charge in [-0.25, -0.2) is 14.3 Å². The third-order valence-corrected chi connectivity index (χ3v) is 3.59. The fraction of sp³-hybridized carbons (Fsp3) is 0.133. The minimum Gasteiger partial charge on any atom is -0.406 e. The summed E-state index contributed by atoms with van der Waals surface area (Å²) in [6, 6.07) is 8.48. The van der Waals surface area contributed by atoms with Crippen LogP contribution >= 0.6 is 11.6 Å². The predicted octanol–water partition coefficient (Wildman–Crippen LogP) is 2.59. The molecule has 2 heterocycles. The van der Waals surface area contributed by atoms with Gasteiger partial charge in [0, 0.05) is 16.9 Å². The van der Waals surface area contributed by atoms with Gasteiger partial charge in [-0.3, -0.25) is 4.79 Å². The summed E-state index contributed by atoms with van der Waals surface area (Å²) in [4.78, 5) is 27.9. The number of halogens is 1. The number of hydrogen-bond donors (Lipinski definition) is 1. The highest BCUT2D eigenvalue weighted by atomic mass is 35.5. The number of nitrogens with one attached hydrogen (secondary N) is 1. The first-order chi connectivity index (χ1) is 10.5. The molecule has 1 amide bonds. The van der Waals surface area contributed by atoms with E-state index >= 15 is 0 Å². The van der Waals surface area contributed by atoms with Gasteiger partial charge in [-0.1, -0.05) is 17.7 Å². The highest BCUT2D eigenvalue weighted by Gasteiger charge is 2.13. The molecule has 6 nitrogen and oxygen atoms in total. The van der Waals surface area contributed by atoms with Gasteiger partial charge in [0.25, 0.3) is 0 Å². The van der Waals surface area contributed by atoms with E-state index in [1.807, 2.05) is 6.92 Å². The van der Waals surface area contributed by atoms with Crippen molar-refractivity contribution >= 4 is 34.4 Å². The third-order valence-electron chi connectivity index (χ3n) is 3.18. The average Bonchev–Trinajstić information content (AvgIpc) is 2.79. The first-order valence-electron chi connectivity index (χ1n) is 6.55. The van der Waals surface area contributed by atoms with Crippen LogP contribution in [0.4, 0.5) is 5.69 Å². The van der Waals surface area contributed by atoms with E-state index in [0.29, 0.717) is 21.9 Å². The van der Waals surface area contributed by atoms with Crippen LogP contribution in [-0.4, -0.2) is 15.5 Å². The third kappa shape index (κ3) is 2.73. The number of nitrogens with zero attached hydrogens (tertiary/aromatic N) is 2. The molecular formula is C15H12ClN3O3. The van der Waals surface area contributed by atoms with Gasteiger partial charge < -0.3 is 9.73 Å². The zero-order valence-electron chi connectivity index (χ0n) is 11.7. The van der Waals surface area contributed by atoms with Gasteiger partial charge in [-0.15, -0.1) is 0 Å². The van der Waals surface area contributed by atoms with Crippen LogP contribution in [0.3, 0.4) is 0 Å². The molecule has 3 rings (SSSR count). The number of amides is 1. The number of rotatable bonds is 3. The average molecular weight is 318 g/mol. The zero-order valence-corrected chi connectivity index (χ0v) is 12.4. The lowest BCUT2D eigenvalue weighted by Crippen LogP contribution is -2.25. The molecule has 0 saturated heterocycles. The van der Waals surface area contributed by atoms with Crippen molar-refractivity contribution in [2.75, 3.05) is 5.32 Å². The van der Waals surface area contributed by atoms with Gasteiger partial charge in [-0.2, -0.15) is 0 Å². The Morgan fingerprint density at radius 2 is 2.23 bits per heavy atom. The molecule has 0 bridgehead atoms. The van der Waals surface area contributed by atoms with Crippen molar-refractivity contribution in [3.05, 3.63) is 57.7 Å². The second-order valence-electron chi connectivity index (χ2n) is 4.79. The SMILES string of the molecule is Cc1ccc(NC(=O)Cn2c(=O)oc3cccnc32)cc1Cl. The molecule has 0 aliphatic heterocycles. The lowest BCUT2D eigenvalue weighted by atomic mass is 10.2. The van der Waals surface area contributed by atoms with E-state index in [4.69, 9.17) is 16.0 Å². The lowest BCUT2D eigenvalue weighted by molar-refractivity contribution is -0.116. The summed E-state index contributed by atoms with van der Waals surface area (Å²) in [6.07, 6.45) is 1.53. The van der Waals surface area contributed by atoms with Crippen molar-refractivity contribution < 1.29 is 9.21 Å². The second-order valence-corrected chi connectivity index (χ2v) is 5.20. The van der Waals surface area contributed by atoms with Crippen LogP contribution in [0.2, 0.25) is 5.02 Å². The maximum Gasteiger partial charge on any atom is 0.421 e. The Morgan fingerprint density at radius 1 is 1.41 bits per heavy atom. The Labute approximate surface area is 130 Å². The summed E-state index contributed by atoms with van der Waals surface area (Å²) in [5, 5.41) is 3.25. The zero-order chi connectivity index (χ0) is 15.7. The van der Waals surface area contributed by atoms with E-state index in [9.17, 15) is 9.59 Å². The predicted molar refractivity (Wildman–Crippen MR) is 83.1 cm³/mol. The summed E-state index contributed by atoms with van der Waals surface area (Å²) in [7, 11) is 0. The minimum absolute atomic E-state index is 0.186. The minimum atomic E-state index is -0.620. The van der Waals surface area contributed by atoms with E-state index in [1.54, 1.807) is 30.3 Å². The molecule has 0 radical (unpaired) electrons. The number of pyridine rings is 1. The summed E-state index contributed by atoms with van der Waals surface area (Å²) in [6.45, 7) is 1.69. The van der Waals surface area contributed by atoms with Crippen LogP contribution in [0.15, 0.2) is 45.7 Å². The quantitative estimate of drug-likeness (QED) is 0.805. The molecule has 3 aromatic rings. The summed E-state index contributed by atoms with van der Waals surface area (Å²) in [5.74, 6) is -0.985. The number of aromatic nitrogens is 2. The molecule has 0 spiro atoms. The van der Waals surface area contributed by atoms with E-state index < -0.39 is 5.76 Å². The Kier molecular flexibility index (Phi) is 3.68. The van der Waals surface area contributed by atoms with Crippen molar-refractivity contribution in [1.29, 1.82) is 0 Å². The van der Waals surface area contributed by atoms with Gasteiger partial charge in [0.05, 0.1) is 0 Å². The molecule has 112 valence electrons. The first-order valence-corrected chi connectivity index (χ1v) is 6.93. The number of carbonyl (C=O) groups excluding carboxylic acids is 1. The van der Waals surface area contributed by atoms with Crippen molar-refractivity contribution in [2.24, 2.45) is 0 Å². The number of carbonyl (C=O) groups is 1. The molecule has 0 atom stereocenters. The topological polar surface area (TPSA) is 77.1 Å². The van der Waals surface area contributed by atoms with Gasteiger partial charge in [0.1, 0.15) is 6.54 Å². The van der Waals surface area contributed by atoms with Gasteiger partial charge in [-0.05, 0) is 36.8 Å². The number of aryl methyl sites for hydroxylation is 1. The highest BCUT2D eigenvalue weighted by Crippen LogP contribution is 2.20. The molecule has 1 aromatic carbocycles. The summed E-state index contributed by atoms with van der Waals surface area (Å²) >= 11 is 6.01. The maximum absolute atomic E-state index is 12.1. The lowest BCUT2D eigenvalue weighted by Gasteiger charge is -2.07. The number of hydrogen-bond acceptors (Lipinski definition) is 4. The van der Waals surface area contributed by atoms with Crippen LogP contribution in [-0.2, 0) is 11.3 Å². The largest absolute Gasteiger partial charge is 0.421 e. The van der Waals surface area contributed by atoms with Crippen LogP contribution in [0.25, 0.3) is 11.2 Å². The molecule has 7 heteroatoms. The molecule has 0 saturated carbocycles. The first kappa shape index (κ1) is 14.3. The Balaban J connectivity index is 1.82. The molecule has 0 fully saturated rings. The van der Waals surface area contributed by atoms with E-state index in [0.717, 1.165) is 5.56 Å². The van der Waals surface area contributed by atoms with E-state index in [1.165, 1.54) is 10.8 Å². The molecule has 0 unspecified atom stereocenters. The monoisotopic (exact) mass is 317 g/mol. The molecule has 0 aliphatic rings. The number of anilines is 1. The molecule has 22 heavy (non-hydrogen) atoms. The fourth-order valence-electron chi connectivity index (χ4n) is 2.05. The van der Waals surface area contributed by atoms with Gasteiger partial charge in [0.15, 0.2) is 11.2 Å². The normalized spacial score (nSPS) is 10.8. The van der Waals surface area contributed by atoms with Crippen molar-refractivity contribution in [3.63, 3.8) is 0 Å². The van der Waals surface area contributed by atoms with Crippen molar-refractivity contribution in [3.8, 4) is 0 Å². The maximum atomic E-state index is 12.1. The Morgan fingerprint density at radius 3 is 3.00 bits per heavy atom. The summed E-state index contributed by atoms with van der Waals surface area (Å²) < 4.78 is 6.21. The molecule has 0 aliphatic carbocycles. The van der Waals surface area contributed by atoms with E-state index in [-0.39, 0.29) is 12.5 Å². The number of benzene rings is 1. The second kappa shape index (κ2) is 5.65. The van der Waals surface area contributed by atoms with Gasteiger partial charge >= 0.3 is 5.76 Å². The summed E-state index contributed by atoms with van der Waals surface area (Å²) in [5.41, 5.74) is 2.17. The molecule has 1 N–H and O–H groups in total. The van der Waals surface area contributed by atoms with Crippen LogP contribution in [0.5, 0.6) is 0 Å².